The SMILES string of the molecule is CCOc1ccccc1S(=O)(=O)N1CCN(C[C@H](O)C2CC2)CC1. The molecule has 0 unspecified atom stereocenters. The van der Waals surface area contributed by atoms with Crippen LogP contribution in [-0.4, -0.2) is 68.2 Å². The van der Waals surface area contributed by atoms with Crippen LogP contribution in [0.25, 0.3) is 0 Å². The number of β-amino-alcohol motifs (C(OH)–C–C–N with tert-alkyl or cyclic N) is 1. The number of ether oxygens (including phenoxy) is 1. The molecule has 1 aliphatic heterocycles. The first kappa shape index (κ1) is 17.7. The van der Waals surface area contributed by atoms with Gasteiger partial charge in [0.15, 0.2) is 0 Å². The van der Waals surface area contributed by atoms with Gasteiger partial charge in [0, 0.05) is 32.7 Å². The van der Waals surface area contributed by atoms with E-state index in [2.05, 4.69) is 4.90 Å². The Morgan fingerprint density at radius 2 is 1.88 bits per heavy atom. The summed E-state index contributed by atoms with van der Waals surface area (Å²) in [4.78, 5) is 2.39. The number of hydrogen-bond acceptors (Lipinski definition) is 5. The monoisotopic (exact) mass is 354 g/mol. The number of nitrogens with zero attached hydrogens (tertiary/aromatic N) is 2. The minimum absolute atomic E-state index is 0.235. The summed E-state index contributed by atoms with van der Waals surface area (Å²) in [6, 6.07) is 6.79. The molecule has 0 spiro atoms. The van der Waals surface area contributed by atoms with Gasteiger partial charge in [-0.15, -0.1) is 0 Å². The zero-order chi connectivity index (χ0) is 17.2. The Kier molecular flexibility index (Phi) is 5.44. The van der Waals surface area contributed by atoms with E-state index in [-0.39, 0.29) is 11.0 Å². The van der Waals surface area contributed by atoms with Crippen LogP contribution >= 0.6 is 0 Å². The minimum Gasteiger partial charge on any atom is -0.492 e. The number of aliphatic hydroxyl groups excluding tert-OH is 1. The highest BCUT2D eigenvalue weighted by Gasteiger charge is 2.34. The van der Waals surface area contributed by atoms with Crippen LogP contribution in [0.2, 0.25) is 0 Å². The molecule has 6 nitrogen and oxygen atoms in total. The van der Waals surface area contributed by atoms with Crippen LogP contribution in [0.4, 0.5) is 0 Å². The van der Waals surface area contributed by atoms with Gasteiger partial charge in [0.25, 0.3) is 0 Å². The van der Waals surface area contributed by atoms with E-state index in [0.717, 1.165) is 12.8 Å². The predicted octanol–water partition coefficient (Wildman–Crippen LogP) is 1.16. The Labute approximate surface area is 144 Å². The molecule has 1 saturated heterocycles. The summed E-state index contributed by atoms with van der Waals surface area (Å²) in [5.74, 6) is 0.858. The summed E-state index contributed by atoms with van der Waals surface area (Å²) in [7, 11) is -3.55. The molecule has 1 atom stereocenters. The van der Waals surface area contributed by atoms with Crippen molar-refractivity contribution in [2.45, 2.75) is 30.8 Å². The molecule has 1 saturated carbocycles. The van der Waals surface area contributed by atoms with Crippen molar-refractivity contribution in [3.63, 3.8) is 0 Å². The summed E-state index contributed by atoms with van der Waals surface area (Å²) < 4.78 is 32.8. The summed E-state index contributed by atoms with van der Waals surface area (Å²) in [6.07, 6.45) is 1.96. The highest BCUT2D eigenvalue weighted by atomic mass is 32.2. The molecule has 24 heavy (non-hydrogen) atoms. The quantitative estimate of drug-likeness (QED) is 0.796. The first-order valence-electron chi connectivity index (χ1n) is 8.64. The lowest BCUT2D eigenvalue weighted by atomic mass is 10.2. The molecule has 0 amide bonds. The molecular weight excluding hydrogens is 328 g/mol. The number of hydrogen-bond donors (Lipinski definition) is 1. The van der Waals surface area contributed by atoms with Gasteiger partial charge in [0.05, 0.1) is 12.7 Å². The Hall–Kier alpha value is -1.15. The molecule has 134 valence electrons. The third-order valence-corrected chi connectivity index (χ3v) is 6.65. The van der Waals surface area contributed by atoms with Crippen LogP contribution in [-0.2, 0) is 10.0 Å². The maximum Gasteiger partial charge on any atom is 0.246 e. The third-order valence-electron chi connectivity index (χ3n) is 4.71. The van der Waals surface area contributed by atoms with Crippen molar-refractivity contribution in [2.24, 2.45) is 5.92 Å². The topological polar surface area (TPSA) is 70.1 Å². The smallest absolute Gasteiger partial charge is 0.246 e. The second-order valence-electron chi connectivity index (χ2n) is 6.49. The predicted molar refractivity (Wildman–Crippen MR) is 91.5 cm³/mol. The first-order chi connectivity index (χ1) is 11.5. The Balaban J connectivity index is 1.64. The number of piperazine rings is 1. The van der Waals surface area contributed by atoms with E-state index in [0.29, 0.717) is 51.0 Å². The fourth-order valence-electron chi connectivity index (χ4n) is 3.12. The average molecular weight is 354 g/mol. The molecule has 0 radical (unpaired) electrons. The van der Waals surface area contributed by atoms with E-state index in [9.17, 15) is 13.5 Å². The van der Waals surface area contributed by atoms with Gasteiger partial charge in [0.1, 0.15) is 10.6 Å². The van der Waals surface area contributed by atoms with Crippen LogP contribution in [0.15, 0.2) is 29.2 Å². The molecule has 1 N–H and O–H groups in total. The molecule has 3 rings (SSSR count). The van der Waals surface area contributed by atoms with E-state index in [1.807, 2.05) is 6.92 Å². The molecule has 1 heterocycles. The number of aliphatic hydroxyl groups is 1. The number of rotatable bonds is 7. The summed E-state index contributed by atoms with van der Waals surface area (Å²) in [5, 5.41) is 10.1. The highest BCUT2D eigenvalue weighted by molar-refractivity contribution is 7.89. The maximum absolute atomic E-state index is 12.9. The lowest BCUT2D eigenvalue weighted by Crippen LogP contribution is -2.50. The van der Waals surface area contributed by atoms with Gasteiger partial charge in [-0.2, -0.15) is 4.31 Å². The molecular formula is C17H26N2O4S. The Morgan fingerprint density at radius 3 is 2.50 bits per heavy atom. The fourth-order valence-corrected chi connectivity index (χ4v) is 4.68. The van der Waals surface area contributed by atoms with Crippen molar-refractivity contribution in [2.75, 3.05) is 39.3 Å². The second-order valence-corrected chi connectivity index (χ2v) is 8.40. The molecule has 1 aromatic rings. The molecule has 0 aromatic heterocycles. The van der Waals surface area contributed by atoms with Crippen LogP contribution in [0.1, 0.15) is 19.8 Å². The van der Waals surface area contributed by atoms with Crippen LogP contribution in [0.5, 0.6) is 5.75 Å². The van der Waals surface area contributed by atoms with E-state index >= 15 is 0 Å². The van der Waals surface area contributed by atoms with Gasteiger partial charge in [0.2, 0.25) is 10.0 Å². The van der Waals surface area contributed by atoms with Gasteiger partial charge < -0.3 is 9.84 Å². The summed E-state index contributed by atoms with van der Waals surface area (Å²) in [6.45, 7) is 5.11. The number of para-hydroxylation sites is 1. The van der Waals surface area contributed by atoms with Gasteiger partial charge >= 0.3 is 0 Å². The van der Waals surface area contributed by atoms with Crippen LogP contribution in [0.3, 0.4) is 0 Å². The van der Waals surface area contributed by atoms with Gasteiger partial charge in [-0.25, -0.2) is 8.42 Å². The van der Waals surface area contributed by atoms with Gasteiger partial charge in [-0.3, -0.25) is 4.90 Å². The number of sulfonamides is 1. The Morgan fingerprint density at radius 1 is 1.21 bits per heavy atom. The largest absolute Gasteiger partial charge is 0.492 e. The Bertz CT molecular complexity index is 652. The second kappa shape index (κ2) is 7.39. The van der Waals surface area contributed by atoms with Crippen LogP contribution in [0, 0.1) is 5.92 Å². The summed E-state index contributed by atoms with van der Waals surface area (Å²) in [5.41, 5.74) is 0. The van der Waals surface area contributed by atoms with Crippen molar-refractivity contribution >= 4 is 10.0 Å². The standard InChI is InChI=1S/C17H26N2O4S/c1-2-23-16-5-3-4-6-17(16)24(21,22)19-11-9-18(10-12-19)13-15(20)14-7-8-14/h3-6,14-15,20H,2,7-13H2,1H3/t15-/m0/s1. The lowest BCUT2D eigenvalue weighted by molar-refractivity contribution is 0.0781. The molecule has 7 heteroatoms. The van der Waals surface area contributed by atoms with Crippen molar-refractivity contribution in [3.05, 3.63) is 24.3 Å². The molecule has 2 aliphatic rings. The third kappa shape index (κ3) is 3.91. The average Bonchev–Trinajstić information content (AvgIpc) is 3.41. The van der Waals surface area contributed by atoms with Gasteiger partial charge in [-0.05, 0) is 37.8 Å². The lowest BCUT2D eigenvalue weighted by Gasteiger charge is -2.35. The minimum atomic E-state index is -3.55. The van der Waals surface area contributed by atoms with Crippen molar-refractivity contribution in [3.8, 4) is 5.75 Å². The zero-order valence-electron chi connectivity index (χ0n) is 14.1. The number of benzene rings is 1. The van der Waals surface area contributed by atoms with Crippen molar-refractivity contribution in [1.29, 1.82) is 0 Å². The van der Waals surface area contributed by atoms with Crippen molar-refractivity contribution < 1.29 is 18.3 Å². The van der Waals surface area contributed by atoms with Gasteiger partial charge in [-0.1, -0.05) is 12.1 Å². The van der Waals surface area contributed by atoms with Crippen molar-refractivity contribution in [1.82, 2.24) is 9.21 Å². The molecule has 2 fully saturated rings. The fraction of sp³-hybridized carbons (Fsp3) is 0.647. The van der Waals surface area contributed by atoms with E-state index in [1.54, 1.807) is 24.3 Å². The first-order valence-corrected chi connectivity index (χ1v) is 10.1. The van der Waals surface area contributed by atoms with E-state index in [1.165, 1.54) is 4.31 Å². The van der Waals surface area contributed by atoms with E-state index < -0.39 is 10.0 Å². The zero-order valence-corrected chi connectivity index (χ0v) is 14.9. The normalized spacial score (nSPS) is 21.6. The maximum atomic E-state index is 12.9. The van der Waals surface area contributed by atoms with Crippen LogP contribution < -0.4 is 4.74 Å². The molecule has 0 bridgehead atoms. The summed E-state index contributed by atoms with van der Waals surface area (Å²) >= 11 is 0. The van der Waals surface area contributed by atoms with E-state index in [4.69, 9.17) is 4.74 Å². The molecule has 1 aromatic carbocycles. The highest BCUT2D eigenvalue weighted by Crippen LogP contribution is 2.33. The molecule has 1 aliphatic carbocycles.